The number of anilines is 1. The quantitative estimate of drug-likeness (QED) is 0.668. The molecule has 4 nitrogen and oxygen atoms in total. The molecule has 1 unspecified atom stereocenters. The van der Waals surface area contributed by atoms with Gasteiger partial charge < -0.3 is 20.5 Å². The van der Waals surface area contributed by atoms with Gasteiger partial charge in [0.25, 0.3) is 0 Å². The van der Waals surface area contributed by atoms with Crippen LogP contribution in [-0.2, 0) is 6.42 Å². The summed E-state index contributed by atoms with van der Waals surface area (Å²) in [6.07, 6.45) is 2.28. The summed E-state index contributed by atoms with van der Waals surface area (Å²) in [5, 5.41) is 15.3. The van der Waals surface area contributed by atoms with Crippen LogP contribution in [0.5, 0.6) is 5.75 Å². The first kappa shape index (κ1) is 13.2. The molecule has 1 aromatic rings. The number of aliphatic hydroxyl groups is 1. The van der Waals surface area contributed by atoms with Crippen molar-refractivity contribution in [2.45, 2.75) is 25.9 Å². The van der Waals surface area contributed by atoms with E-state index in [1.807, 2.05) is 6.07 Å². The molecule has 0 fully saturated rings. The summed E-state index contributed by atoms with van der Waals surface area (Å²) in [4.78, 5) is 0. The highest BCUT2D eigenvalue weighted by Gasteiger charge is 2.17. The van der Waals surface area contributed by atoms with E-state index >= 15 is 0 Å². The Morgan fingerprint density at radius 2 is 2.33 bits per heavy atom. The van der Waals surface area contributed by atoms with E-state index in [0.717, 1.165) is 37.4 Å². The van der Waals surface area contributed by atoms with Crippen LogP contribution in [-0.4, -0.2) is 37.5 Å². The maximum atomic E-state index is 8.68. The second-order valence-corrected chi connectivity index (χ2v) is 4.58. The van der Waals surface area contributed by atoms with Crippen molar-refractivity contribution >= 4 is 5.69 Å². The minimum atomic E-state index is 0.192. The maximum Gasteiger partial charge on any atom is 0.142 e. The fourth-order valence-corrected chi connectivity index (χ4v) is 2.08. The largest absolute Gasteiger partial charge is 0.486 e. The SMILES string of the molecule is CCC1CNc2cc(CCNCCO)ccc2O1. The van der Waals surface area contributed by atoms with Gasteiger partial charge in [-0.3, -0.25) is 0 Å². The number of hydrogen-bond donors (Lipinski definition) is 3. The van der Waals surface area contributed by atoms with Gasteiger partial charge in [0.2, 0.25) is 0 Å². The Labute approximate surface area is 108 Å². The van der Waals surface area contributed by atoms with Gasteiger partial charge in [-0.1, -0.05) is 13.0 Å². The monoisotopic (exact) mass is 250 g/mol. The summed E-state index contributed by atoms with van der Waals surface area (Å²) in [6.45, 7) is 4.76. The van der Waals surface area contributed by atoms with Gasteiger partial charge in [0, 0.05) is 6.54 Å². The molecule has 0 amide bonds. The van der Waals surface area contributed by atoms with E-state index in [2.05, 4.69) is 29.7 Å². The normalized spacial score (nSPS) is 17.8. The Morgan fingerprint density at radius 3 is 3.11 bits per heavy atom. The van der Waals surface area contributed by atoms with Crippen molar-refractivity contribution in [2.75, 3.05) is 31.6 Å². The van der Waals surface area contributed by atoms with Crippen molar-refractivity contribution in [1.29, 1.82) is 0 Å². The van der Waals surface area contributed by atoms with Gasteiger partial charge in [-0.2, -0.15) is 0 Å². The van der Waals surface area contributed by atoms with E-state index in [0.29, 0.717) is 6.54 Å². The van der Waals surface area contributed by atoms with Crippen molar-refractivity contribution < 1.29 is 9.84 Å². The molecule has 1 aliphatic rings. The third kappa shape index (κ3) is 3.37. The van der Waals surface area contributed by atoms with Gasteiger partial charge in [0.15, 0.2) is 0 Å². The third-order valence-electron chi connectivity index (χ3n) is 3.19. The summed E-state index contributed by atoms with van der Waals surface area (Å²) < 4.78 is 5.87. The first-order valence-corrected chi connectivity index (χ1v) is 6.68. The highest BCUT2D eigenvalue weighted by molar-refractivity contribution is 5.59. The molecule has 0 radical (unpaired) electrons. The van der Waals surface area contributed by atoms with Crippen LogP contribution in [0, 0.1) is 0 Å². The number of fused-ring (bicyclic) bond motifs is 1. The van der Waals surface area contributed by atoms with E-state index in [1.165, 1.54) is 5.56 Å². The van der Waals surface area contributed by atoms with Gasteiger partial charge in [-0.05, 0) is 37.1 Å². The van der Waals surface area contributed by atoms with Crippen LogP contribution in [0.1, 0.15) is 18.9 Å². The number of aliphatic hydroxyl groups excluding tert-OH is 1. The number of benzene rings is 1. The minimum Gasteiger partial charge on any atom is -0.486 e. The summed E-state index contributed by atoms with van der Waals surface area (Å²) >= 11 is 0. The molecule has 4 heteroatoms. The minimum absolute atomic E-state index is 0.192. The van der Waals surface area contributed by atoms with E-state index in [4.69, 9.17) is 9.84 Å². The molecule has 1 atom stereocenters. The summed E-state index contributed by atoms with van der Waals surface area (Å²) in [5.41, 5.74) is 2.38. The van der Waals surface area contributed by atoms with Crippen molar-refractivity contribution in [2.24, 2.45) is 0 Å². The van der Waals surface area contributed by atoms with Crippen LogP contribution < -0.4 is 15.4 Å². The Bertz CT molecular complexity index is 382. The van der Waals surface area contributed by atoms with E-state index in [-0.39, 0.29) is 12.7 Å². The zero-order valence-corrected chi connectivity index (χ0v) is 10.9. The van der Waals surface area contributed by atoms with Gasteiger partial charge in [0.05, 0.1) is 18.8 Å². The molecule has 3 N–H and O–H groups in total. The molecule has 1 heterocycles. The number of nitrogens with one attached hydrogen (secondary N) is 2. The van der Waals surface area contributed by atoms with Crippen molar-refractivity contribution in [3.8, 4) is 5.75 Å². The lowest BCUT2D eigenvalue weighted by Gasteiger charge is -2.27. The second kappa shape index (κ2) is 6.61. The smallest absolute Gasteiger partial charge is 0.142 e. The Morgan fingerprint density at radius 1 is 1.44 bits per heavy atom. The Hall–Kier alpha value is -1.26. The van der Waals surface area contributed by atoms with Gasteiger partial charge in [-0.25, -0.2) is 0 Å². The van der Waals surface area contributed by atoms with Crippen LogP contribution in [0.25, 0.3) is 0 Å². The topological polar surface area (TPSA) is 53.5 Å². The Balaban J connectivity index is 1.92. The molecule has 2 rings (SSSR count). The number of hydrogen-bond acceptors (Lipinski definition) is 4. The summed E-state index contributed by atoms with van der Waals surface area (Å²) in [7, 11) is 0. The van der Waals surface area contributed by atoms with Crippen LogP contribution in [0.3, 0.4) is 0 Å². The van der Waals surface area contributed by atoms with Crippen molar-refractivity contribution in [3.05, 3.63) is 23.8 Å². The molecule has 0 aliphatic carbocycles. The first-order chi connectivity index (χ1) is 8.83. The molecule has 0 saturated carbocycles. The second-order valence-electron chi connectivity index (χ2n) is 4.58. The number of rotatable bonds is 6. The predicted octanol–water partition coefficient (Wildman–Crippen LogP) is 1.39. The average Bonchev–Trinajstić information content (AvgIpc) is 2.43. The molecule has 18 heavy (non-hydrogen) atoms. The molecule has 1 aliphatic heterocycles. The van der Waals surface area contributed by atoms with Gasteiger partial charge in [-0.15, -0.1) is 0 Å². The zero-order valence-electron chi connectivity index (χ0n) is 10.9. The predicted molar refractivity (Wildman–Crippen MR) is 73.3 cm³/mol. The fourth-order valence-electron chi connectivity index (χ4n) is 2.08. The van der Waals surface area contributed by atoms with Crippen LogP contribution >= 0.6 is 0 Å². The highest BCUT2D eigenvalue weighted by Crippen LogP contribution is 2.30. The van der Waals surface area contributed by atoms with E-state index in [9.17, 15) is 0 Å². The third-order valence-corrected chi connectivity index (χ3v) is 3.19. The van der Waals surface area contributed by atoms with Gasteiger partial charge in [0.1, 0.15) is 11.9 Å². The van der Waals surface area contributed by atoms with Crippen molar-refractivity contribution in [3.63, 3.8) is 0 Å². The molecular formula is C14H22N2O2. The zero-order chi connectivity index (χ0) is 12.8. The lowest BCUT2D eigenvalue weighted by Crippen LogP contribution is -2.30. The van der Waals surface area contributed by atoms with E-state index < -0.39 is 0 Å². The van der Waals surface area contributed by atoms with Crippen LogP contribution in [0.15, 0.2) is 18.2 Å². The Kier molecular flexibility index (Phi) is 4.84. The van der Waals surface area contributed by atoms with Gasteiger partial charge >= 0.3 is 0 Å². The molecule has 0 saturated heterocycles. The number of ether oxygens (including phenoxy) is 1. The fraction of sp³-hybridized carbons (Fsp3) is 0.571. The maximum absolute atomic E-state index is 8.68. The average molecular weight is 250 g/mol. The first-order valence-electron chi connectivity index (χ1n) is 6.68. The standard InChI is InChI=1S/C14H22N2O2/c1-2-12-10-16-13-9-11(3-4-14(13)18-12)5-6-15-7-8-17/h3-4,9,12,15-17H,2,5-8,10H2,1H3. The molecule has 1 aromatic carbocycles. The lowest BCUT2D eigenvalue weighted by molar-refractivity contribution is 0.202. The molecule has 100 valence electrons. The summed E-state index contributed by atoms with van der Waals surface area (Å²) in [6, 6.07) is 6.31. The highest BCUT2D eigenvalue weighted by atomic mass is 16.5. The molecule has 0 aromatic heterocycles. The molecule has 0 spiro atoms. The lowest BCUT2D eigenvalue weighted by atomic mass is 10.1. The van der Waals surface area contributed by atoms with Crippen LogP contribution in [0.4, 0.5) is 5.69 Å². The summed E-state index contributed by atoms with van der Waals surface area (Å²) in [5.74, 6) is 0.958. The van der Waals surface area contributed by atoms with E-state index in [1.54, 1.807) is 0 Å². The van der Waals surface area contributed by atoms with Crippen LogP contribution in [0.2, 0.25) is 0 Å². The molecular weight excluding hydrogens is 228 g/mol. The van der Waals surface area contributed by atoms with Crippen molar-refractivity contribution in [1.82, 2.24) is 5.32 Å². The molecule has 0 bridgehead atoms.